The summed E-state index contributed by atoms with van der Waals surface area (Å²) < 4.78 is 0. The molecule has 1 rings (SSSR count). The number of thiol groups is 1. The first-order valence-electron chi connectivity index (χ1n) is 10.3. The molecule has 4 atom stereocenters. The molecule has 12 heteroatoms. The third-order valence-corrected chi connectivity index (χ3v) is 5.08. The minimum atomic E-state index is -1.25. The first-order chi connectivity index (χ1) is 15.5. The van der Waals surface area contributed by atoms with Gasteiger partial charge in [-0.15, -0.1) is 0 Å². The number of carbonyl (C=O) groups is 5. The molecule has 11 nitrogen and oxygen atoms in total. The van der Waals surface area contributed by atoms with Crippen molar-refractivity contribution in [1.82, 2.24) is 16.0 Å². The summed E-state index contributed by atoms with van der Waals surface area (Å²) in [6.07, 6.45) is -0.325. The van der Waals surface area contributed by atoms with E-state index >= 15 is 0 Å². The van der Waals surface area contributed by atoms with Crippen LogP contribution < -0.4 is 27.4 Å². The quantitative estimate of drug-likeness (QED) is 0.168. The number of carboxylic acids is 1. The predicted molar refractivity (Wildman–Crippen MR) is 124 cm³/mol. The SMILES string of the molecule is CC(C)C(NC(=O)C(Cc1ccccc1)NC(=O)C(CS)NC(=O)C(N)CC(N)=O)C(=O)O. The second kappa shape index (κ2) is 13.4. The molecule has 4 amide bonds. The van der Waals surface area contributed by atoms with Crippen molar-refractivity contribution in [2.24, 2.45) is 17.4 Å². The Balaban J connectivity index is 3.01. The second-order valence-corrected chi connectivity index (χ2v) is 8.21. The Morgan fingerprint density at radius 2 is 1.48 bits per heavy atom. The zero-order valence-electron chi connectivity index (χ0n) is 18.5. The van der Waals surface area contributed by atoms with Crippen molar-refractivity contribution in [3.63, 3.8) is 0 Å². The lowest BCUT2D eigenvalue weighted by molar-refractivity contribution is -0.143. The van der Waals surface area contributed by atoms with E-state index in [9.17, 15) is 29.1 Å². The lowest BCUT2D eigenvalue weighted by Gasteiger charge is -2.25. The van der Waals surface area contributed by atoms with Crippen LogP contribution >= 0.6 is 12.6 Å². The number of benzene rings is 1. The second-order valence-electron chi connectivity index (χ2n) is 7.84. The van der Waals surface area contributed by atoms with Crippen LogP contribution in [0.2, 0.25) is 0 Å². The summed E-state index contributed by atoms with van der Waals surface area (Å²) in [7, 11) is 0. The summed E-state index contributed by atoms with van der Waals surface area (Å²) in [6.45, 7) is 3.29. The molecule has 4 unspecified atom stereocenters. The van der Waals surface area contributed by atoms with Crippen molar-refractivity contribution in [3.8, 4) is 0 Å². The van der Waals surface area contributed by atoms with Crippen molar-refractivity contribution >= 4 is 42.2 Å². The fourth-order valence-corrected chi connectivity index (χ4v) is 3.14. The number of nitrogens with one attached hydrogen (secondary N) is 3. The van der Waals surface area contributed by atoms with Crippen LogP contribution in [0.4, 0.5) is 0 Å². The van der Waals surface area contributed by atoms with Gasteiger partial charge in [0.2, 0.25) is 23.6 Å². The largest absolute Gasteiger partial charge is 0.480 e. The molecule has 0 aliphatic rings. The molecule has 0 saturated heterocycles. The molecule has 0 aliphatic carbocycles. The maximum absolute atomic E-state index is 12.9. The van der Waals surface area contributed by atoms with Gasteiger partial charge in [0.15, 0.2) is 0 Å². The third kappa shape index (κ3) is 9.49. The lowest BCUT2D eigenvalue weighted by atomic mass is 10.0. The van der Waals surface area contributed by atoms with Crippen LogP contribution in [-0.4, -0.2) is 64.6 Å². The van der Waals surface area contributed by atoms with Gasteiger partial charge in [0.1, 0.15) is 18.1 Å². The molecule has 182 valence electrons. The highest BCUT2D eigenvalue weighted by Gasteiger charge is 2.31. The maximum atomic E-state index is 12.9. The molecule has 0 radical (unpaired) electrons. The number of aliphatic carboxylic acids is 1. The van der Waals surface area contributed by atoms with Crippen LogP contribution in [0.3, 0.4) is 0 Å². The van der Waals surface area contributed by atoms with Crippen molar-refractivity contribution in [1.29, 1.82) is 0 Å². The highest BCUT2D eigenvalue weighted by atomic mass is 32.1. The van der Waals surface area contributed by atoms with E-state index in [0.29, 0.717) is 0 Å². The van der Waals surface area contributed by atoms with Gasteiger partial charge in [-0.3, -0.25) is 19.2 Å². The molecular weight excluding hydrogens is 450 g/mol. The molecule has 0 fully saturated rings. The Labute approximate surface area is 197 Å². The molecule has 33 heavy (non-hydrogen) atoms. The molecule has 0 bridgehead atoms. The molecular formula is C21H31N5O6S. The summed E-state index contributed by atoms with van der Waals surface area (Å²) >= 11 is 4.06. The van der Waals surface area contributed by atoms with Crippen LogP contribution in [0.15, 0.2) is 30.3 Å². The van der Waals surface area contributed by atoms with E-state index in [2.05, 4.69) is 28.6 Å². The van der Waals surface area contributed by atoms with E-state index < -0.39 is 66.1 Å². The lowest BCUT2D eigenvalue weighted by Crippen LogP contribution is -2.58. The van der Waals surface area contributed by atoms with Crippen molar-refractivity contribution in [2.45, 2.75) is 50.9 Å². The fraction of sp³-hybridized carbons (Fsp3) is 0.476. The van der Waals surface area contributed by atoms with E-state index in [1.807, 2.05) is 0 Å². The number of amides is 4. The van der Waals surface area contributed by atoms with Gasteiger partial charge in [0.25, 0.3) is 0 Å². The van der Waals surface area contributed by atoms with Crippen molar-refractivity contribution in [2.75, 3.05) is 5.75 Å². The van der Waals surface area contributed by atoms with Gasteiger partial charge < -0.3 is 32.5 Å². The van der Waals surface area contributed by atoms with Gasteiger partial charge in [-0.25, -0.2) is 4.79 Å². The molecule has 0 spiro atoms. The van der Waals surface area contributed by atoms with Gasteiger partial charge in [-0.2, -0.15) is 12.6 Å². The minimum Gasteiger partial charge on any atom is -0.480 e. The number of hydrogen-bond acceptors (Lipinski definition) is 7. The number of carbonyl (C=O) groups excluding carboxylic acids is 4. The maximum Gasteiger partial charge on any atom is 0.326 e. The average Bonchev–Trinajstić information content (AvgIpc) is 2.74. The normalized spacial score (nSPS) is 14.5. The molecule has 0 aliphatic heterocycles. The van der Waals surface area contributed by atoms with Gasteiger partial charge >= 0.3 is 5.97 Å². The van der Waals surface area contributed by atoms with Gasteiger partial charge in [-0.05, 0) is 11.5 Å². The Bertz CT molecular complexity index is 851. The molecule has 8 N–H and O–H groups in total. The number of rotatable bonds is 13. The van der Waals surface area contributed by atoms with E-state index in [0.717, 1.165) is 5.56 Å². The van der Waals surface area contributed by atoms with E-state index in [4.69, 9.17) is 11.5 Å². The molecule has 1 aromatic carbocycles. The van der Waals surface area contributed by atoms with Crippen LogP contribution in [0, 0.1) is 5.92 Å². The van der Waals surface area contributed by atoms with Gasteiger partial charge in [0, 0.05) is 12.2 Å². The number of hydrogen-bond donors (Lipinski definition) is 7. The highest BCUT2D eigenvalue weighted by Crippen LogP contribution is 2.07. The first kappa shape index (κ1) is 27.9. The Kier molecular flexibility index (Phi) is 11.4. The Morgan fingerprint density at radius 1 is 0.939 bits per heavy atom. The number of primary amides is 1. The minimum absolute atomic E-state index is 0.0806. The predicted octanol–water partition coefficient (Wildman–Crippen LogP) is -1.44. The van der Waals surface area contributed by atoms with Crippen LogP contribution in [-0.2, 0) is 30.4 Å². The summed E-state index contributed by atoms with van der Waals surface area (Å²) in [5.41, 5.74) is 11.4. The molecule has 0 saturated carbocycles. The summed E-state index contributed by atoms with van der Waals surface area (Å²) in [5, 5.41) is 16.7. The van der Waals surface area contributed by atoms with Crippen LogP contribution in [0.25, 0.3) is 0 Å². The summed E-state index contributed by atoms with van der Waals surface area (Å²) in [6, 6.07) is 4.13. The topological polar surface area (TPSA) is 194 Å². The first-order valence-corrected chi connectivity index (χ1v) is 10.9. The van der Waals surface area contributed by atoms with Crippen LogP contribution in [0.1, 0.15) is 25.8 Å². The van der Waals surface area contributed by atoms with Crippen molar-refractivity contribution in [3.05, 3.63) is 35.9 Å². The average molecular weight is 482 g/mol. The smallest absolute Gasteiger partial charge is 0.326 e. The van der Waals surface area contributed by atoms with E-state index in [1.165, 1.54) is 0 Å². The molecule has 1 aromatic rings. The third-order valence-electron chi connectivity index (χ3n) is 4.72. The van der Waals surface area contributed by atoms with E-state index in [-0.39, 0.29) is 12.2 Å². The number of nitrogens with two attached hydrogens (primary N) is 2. The Hall–Kier alpha value is -3.12. The highest BCUT2D eigenvalue weighted by molar-refractivity contribution is 7.80. The number of carboxylic acid groups (broad SMARTS) is 1. The summed E-state index contributed by atoms with van der Waals surface area (Å²) in [4.78, 5) is 60.3. The monoisotopic (exact) mass is 481 g/mol. The molecule has 0 heterocycles. The van der Waals surface area contributed by atoms with Crippen LogP contribution in [0.5, 0.6) is 0 Å². The fourth-order valence-electron chi connectivity index (χ4n) is 2.88. The zero-order valence-corrected chi connectivity index (χ0v) is 19.4. The molecule has 0 aromatic heterocycles. The standard InChI is InChI=1S/C21H31N5O6S/c1-11(2)17(21(31)32)26-19(29)14(8-12-6-4-3-5-7-12)24-20(30)15(10-33)25-18(28)13(22)9-16(23)27/h3-7,11,13-15,17,33H,8-10,22H2,1-2H3,(H2,23,27)(H,24,30)(H,25,28)(H,26,29)(H,31,32). The van der Waals surface area contributed by atoms with Crippen molar-refractivity contribution < 1.29 is 29.1 Å². The summed E-state index contributed by atoms with van der Waals surface area (Å²) in [5.74, 6) is -4.69. The van der Waals surface area contributed by atoms with E-state index in [1.54, 1.807) is 44.2 Å². The Morgan fingerprint density at radius 3 is 1.97 bits per heavy atom. The zero-order chi connectivity index (χ0) is 25.1. The van der Waals surface area contributed by atoms with Gasteiger partial charge in [-0.1, -0.05) is 44.2 Å². The van der Waals surface area contributed by atoms with Gasteiger partial charge in [0.05, 0.1) is 12.5 Å².